The molecule has 0 bridgehead atoms. The number of methoxy groups -OCH3 is 1. The summed E-state index contributed by atoms with van der Waals surface area (Å²) in [5, 5.41) is 14.5. The minimum Gasteiger partial charge on any atom is -0.478 e. The third-order valence-corrected chi connectivity index (χ3v) is 4.15. The maximum Gasteiger partial charge on any atom is 0.338 e. The minimum absolute atomic E-state index is 0.232. The molecule has 7 heteroatoms. The predicted molar refractivity (Wildman–Crippen MR) is 77.4 cm³/mol. The van der Waals surface area contributed by atoms with Gasteiger partial charge in [0.05, 0.1) is 16.6 Å². The SMILES string of the molecule is COCCCSc1c(C(=O)O)cnc2c1c(C)nn2C. The molecule has 0 atom stereocenters. The smallest absolute Gasteiger partial charge is 0.338 e. The first-order chi connectivity index (χ1) is 9.56. The number of thioether (sulfide) groups is 1. The molecule has 2 aromatic rings. The second-order valence-corrected chi connectivity index (χ2v) is 5.51. The maximum atomic E-state index is 11.4. The van der Waals surface area contributed by atoms with Crippen molar-refractivity contribution in [2.75, 3.05) is 19.5 Å². The van der Waals surface area contributed by atoms with Crippen molar-refractivity contribution in [3.63, 3.8) is 0 Å². The van der Waals surface area contributed by atoms with Gasteiger partial charge in [-0.25, -0.2) is 9.78 Å². The molecule has 6 nitrogen and oxygen atoms in total. The number of rotatable bonds is 6. The number of nitrogens with zero attached hydrogens (tertiary/aromatic N) is 3. The van der Waals surface area contributed by atoms with Gasteiger partial charge in [-0.1, -0.05) is 0 Å². The van der Waals surface area contributed by atoms with Gasteiger partial charge in [0.25, 0.3) is 0 Å². The van der Waals surface area contributed by atoms with Crippen LogP contribution in [0.25, 0.3) is 11.0 Å². The van der Waals surface area contributed by atoms with E-state index < -0.39 is 5.97 Å². The Morgan fingerprint density at radius 2 is 2.30 bits per heavy atom. The highest BCUT2D eigenvalue weighted by atomic mass is 32.2. The first-order valence-electron chi connectivity index (χ1n) is 6.23. The van der Waals surface area contributed by atoms with Gasteiger partial charge < -0.3 is 9.84 Å². The van der Waals surface area contributed by atoms with Crippen LogP contribution in [0.3, 0.4) is 0 Å². The molecule has 0 fully saturated rings. The summed E-state index contributed by atoms with van der Waals surface area (Å²) in [6, 6.07) is 0. The fraction of sp³-hybridized carbons (Fsp3) is 0.462. The van der Waals surface area contributed by atoms with Gasteiger partial charge in [0.15, 0.2) is 5.65 Å². The highest BCUT2D eigenvalue weighted by Crippen LogP contribution is 2.32. The molecule has 108 valence electrons. The summed E-state index contributed by atoms with van der Waals surface area (Å²) in [6.45, 7) is 2.53. The average Bonchev–Trinajstić information content (AvgIpc) is 2.70. The lowest BCUT2D eigenvalue weighted by molar-refractivity contribution is 0.0693. The summed E-state index contributed by atoms with van der Waals surface area (Å²) in [5.74, 6) is -0.168. The van der Waals surface area contributed by atoms with E-state index >= 15 is 0 Å². The molecular weight excluding hydrogens is 278 g/mol. The van der Waals surface area contributed by atoms with Crippen molar-refractivity contribution in [3.8, 4) is 0 Å². The average molecular weight is 295 g/mol. The Bertz CT molecular complexity index is 639. The van der Waals surface area contributed by atoms with Crippen LogP contribution in [-0.4, -0.2) is 45.3 Å². The number of ether oxygens (including phenoxy) is 1. The fourth-order valence-corrected chi connectivity index (χ4v) is 3.20. The zero-order valence-electron chi connectivity index (χ0n) is 11.7. The third-order valence-electron chi connectivity index (χ3n) is 2.95. The molecule has 0 saturated carbocycles. The topological polar surface area (TPSA) is 77.2 Å². The van der Waals surface area contributed by atoms with E-state index in [4.69, 9.17) is 4.74 Å². The zero-order chi connectivity index (χ0) is 14.7. The van der Waals surface area contributed by atoms with Crippen LogP contribution in [0.15, 0.2) is 11.1 Å². The molecule has 2 rings (SSSR count). The molecule has 2 heterocycles. The molecule has 0 radical (unpaired) electrons. The molecule has 0 unspecified atom stereocenters. The Balaban J connectivity index is 2.45. The number of aromatic nitrogens is 3. The molecule has 2 aromatic heterocycles. The number of carbonyl (C=O) groups is 1. The van der Waals surface area contributed by atoms with Crippen LogP contribution in [0.2, 0.25) is 0 Å². The van der Waals surface area contributed by atoms with Gasteiger partial charge in [-0.05, 0) is 13.3 Å². The molecule has 0 aliphatic heterocycles. The van der Waals surface area contributed by atoms with Crippen molar-refractivity contribution in [2.24, 2.45) is 7.05 Å². The molecular formula is C13H17N3O3S. The standard InChI is InChI=1S/C13H17N3O3S/c1-8-10-11(20-6-4-5-19-3)9(13(17)18)7-14-12(10)16(2)15-8/h7H,4-6H2,1-3H3,(H,17,18). The lowest BCUT2D eigenvalue weighted by Crippen LogP contribution is -2.02. The van der Waals surface area contributed by atoms with Crippen molar-refractivity contribution in [1.82, 2.24) is 14.8 Å². The number of hydrogen-bond donors (Lipinski definition) is 1. The van der Waals surface area contributed by atoms with E-state index in [2.05, 4.69) is 10.1 Å². The van der Waals surface area contributed by atoms with E-state index in [1.807, 2.05) is 14.0 Å². The second kappa shape index (κ2) is 6.23. The summed E-state index contributed by atoms with van der Waals surface area (Å²) in [7, 11) is 3.46. The van der Waals surface area contributed by atoms with Gasteiger partial charge in [-0.15, -0.1) is 11.8 Å². The van der Waals surface area contributed by atoms with E-state index in [9.17, 15) is 9.90 Å². The number of aryl methyl sites for hydroxylation is 2. The molecule has 1 N–H and O–H groups in total. The fourth-order valence-electron chi connectivity index (χ4n) is 2.06. The molecule has 0 spiro atoms. The maximum absolute atomic E-state index is 11.4. The van der Waals surface area contributed by atoms with Crippen molar-refractivity contribution < 1.29 is 14.6 Å². The van der Waals surface area contributed by atoms with Crippen LogP contribution in [-0.2, 0) is 11.8 Å². The Morgan fingerprint density at radius 3 is 2.95 bits per heavy atom. The van der Waals surface area contributed by atoms with Crippen LogP contribution in [0.5, 0.6) is 0 Å². The largest absolute Gasteiger partial charge is 0.478 e. The summed E-state index contributed by atoms with van der Waals surface area (Å²) in [4.78, 5) is 16.3. The lowest BCUT2D eigenvalue weighted by atomic mass is 10.2. The molecule has 0 saturated heterocycles. The van der Waals surface area contributed by atoms with E-state index in [1.54, 1.807) is 11.8 Å². The molecule has 20 heavy (non-hydrogen) atoms. The molecule has 0 aliphatic rings. The van der Waals surface area contributed by atoms with Gasteiger partial charge >= 0.3 is 5.97 Å². The van der Waals surface area contributed by atoms with Crippen molar-refractivity contribution in [3.05, 3.63) is 17.5 Å². The first-order valence-corrected chi connectivity index (χ1v) is 7.22. The summed E-state index contributed by atoms with van der Waals surface area (Å²) in [5.41, 5.74) is 1.74. The summed E-state index contributed by atoms with van der Waals surface area (Å²) >= 11 is 1.52. The van der Waals surface area contributed by atoms with Gasteiger partial charge in [0, 0.05) is 37.6 Å². The Hall–Kier alpha value is -1.60. The number of hydrogen-bond acceptors (Lipinski definition) is 5. The Labute approximate surface area is 121 Å². The van der Waals surface area contributed by atoms with Gasteiger partial charge in [-0.2, -0.15) is 5.10 Å². The van der Waals surface area contributed by atoms with Crippen molar-refractivity contribution >= 4 is 28.8 Å². The number of aromatic carboxylic acids is 1. The van der Waals surface area contributed by atoms with Crippen LogP contribution < -0.4 is 0 Å². The van der Waals surface area contributed by atoms with Gasteiger partial charge in [0.1, 0.15) is 0 Å². The van der Waals surface area contributed by atoms with E-state index in [1.165, 1.54) is 18.0 Å². The summed E-state index contributed by atoms with van der Waals surface area (Å²) in [6.07, 6.45) is 2.27. The normalized spacial score (nSPS) is 11.2. The second-order valence-electron chi connectivity index (χ2n) is 4.41. The summed E-state index contributed by atoms with van der Waals surface area (Å²) < 4.78 is 6.69. The number of carboxylic acid groups (broad SMARTS) is 1. The van der Waals surface area contributed by atoms with Gasteiger partial charge in [0.2, 0.25) is 0 Å². The lowest BCUT2D eigenvalue weighted by Gasteiger charge is -2.07. The molecule has 0 amide bonds. The highest BCUT2D eigenvalue weighted by Gasteiger charge is 2.19. The third kappa shape index (κ3) is 2.78. The first kappa shape index (κ1) is 14.8. The van der Waals surface area contributed by atoms with Crippen LogP contribution in [0.4, 0.5) is 0 Å². The van der Waals surface area contributed by atoms with Crippen molar-refractivity contribution in [1.29, 1.82) is 0 Å². The van der Waals surface area contributed by atoms with Gasteiger partial charge in [-0.3, -0.25) is 4.68 Å². The Kier molecular flexibility index (Phi) is 4.61. The highest BCUT2D eigenvalue weighted by molar-refractivity contribution is 7.99. The molecule has 0 aromatic carbocycles. The monoisotopic (exact) mass is 295 g/mol. The van der Waals surface area contributed by atoms with E-state index in [0.717, 1.165) is 28.1 Å². The Morgan fingerprint density at radius 1 is 1.55 bits per heavy atom. The minimum atomic E-state index is -0.961. The molecule has 0 aliphatic carbocycles. The van der Waals surface area contributed by atoms with Crippen LogP contribution >= 0.6 is 11.8 Å². The van der Waals surface area contributed by atoms with Crippen LogP contribution in [0.1, 0.15) is 22.5 Å². The van der Waals surface area contributed by atoms with E-state index in [0.29, 0.717) is 12.3 Å². The quantitative estimate of drug-likeness (QED) is 0.649. The number of fused-ring (bicyclic) bond motifs is 1. The zero-order valence-corrected chi connectivity index (χ0v) is 12.5. The van der Waals surface area contributed by atoms with E-state index in [-0.39, 0.29) is 5.56 Å². The van der Waals surface area contributed by atoms with Crippen LogP contribution in [0, 0.1) is 6.92 Å². The number of pyridine rings is 1. The predicted octanol–water partition coefficient (Wildman–Crippen LogP) is 2.10. The van der Waals surface area contributed by atoms with Crippen molar-refractivity contribution in [2.45, 2.75) is 18.2 Å². The number of carboxylic acids is 1.